The summed E-state index contributed by atoms with van der Waals surface area (Å²) in [6.07, 6.45) is 1.89. The molecule has 4 heteroatoms. The molecule has 19 heavy (non-hydrogen) atoms. The lowest BCUT2D eigenvalue weighted by atomic mass is 9.86. The second kappa shape index (κ2) is 6.57. The Balaban J connectivity index is 2.15. The Bertz CT molecular complexity index is 416. The molecule has 1 aliphatic heterocycles. The van der Waals surface area contributed by atoms with Gasteiger partial charge in [0.2, 0.25) is 0 Å². The van der Waals surface area contributed by atoms with E-state index in [2.05, 4.69) is 5.32 Å². The van der Waals surface area contributed by atoms with Gasteiger partial charge in [-0.15, -0.1) is 0 Å². The van der Waals surface area contributed by atoms with Crippen LogP contribution in [0.4, 0.5) is 0 Å². The summed E-state index contributed by atoms with van der Waals surface area (Å²) in [5, 5.41) is 3.42. The molecule has 0 radical (unpaired) electrons. The van der Waals surface area contributed by atoms with Crippen LogP contribution in [0.25, 0.3) is 0 Å². The van der Waals surface area contributed by atoms with Gasteiger partial charge in [-0.05, 0) is 44.0 Å². The number of carbonyl (C=O) groups excluding carboxylic acids is 1. The Morgan fingerprint density at radius 2 is 2.11 bits per heavy atom. The average Bonchev–Trinajstić information content (AvgIpc) is 2.47. The number of methoxy groups -OCH3 is 1. The molecule has 1 fully saturated rings. The van der Waals surface area contributed by atoms with Crippen molar-refractivity contribution in [3.05, 3.63) is 29.8 Å². The molecule has 0 saturated carbocycles. The molecule has 1 heterocycles. The van der Waals surface area contributed by atoms with Crippen LogP contribution < -0.4 is 10.1 Å². The van der Waals surface area contributed by atoms with Crippen molar-refractivity contribution in [2.45, 2.75) is 25.8 Å². The molecule has 1 aliphatic rings. The molecule has 0 amide bonds. The van der Waals surface area contributed by atoms with Crippen molar-refractivity contribution in [1.29, 1.82) is 0 Å². The fraction of sp³-hybridized carbons (Fsp3) is 0.533. The Morgan fingerprint density at radius 1 is 1.37 bits per heavy atom. The maximum Gasteiger partial charge on any atom is 0.310 e. The van der Waals surface area contributed by atoms with Crippen LogP contribution in [-0.2, 0) is 9.53 Å². The van der Waals surface area contributed by atoms with Crippen LogP contribution in [0.2, 0.25) is 0 Å². The molecule has 2 unspecified atom stereocenters. The first-order chi connectivity index (χ1) is 9.26. The van der Waals surface area contributed by atoms with Gasteiger partial charge in [-0.25, -0.2) is 0 Å². The second-order valence-electron chi connectivity index (χ2n) is 4.71. The average molecular weight is 263 g/mol. The van der Waals surface area contributed by atoms with Crippen LogP contribution in [0.3, 0.4) is 0 Å². The molecule has 0 aromatic heterocycles. The van der Waals surface area contributed by atoms with Crippen molar-refractivity contribution in [2.75, 3.05) is 20.3 Å². The lowest BCUT2D eigenvalue weighted by Gasteiger charge is -2.31. The topological polar surface area (TPSA) is 47.6 Å². The highest BCUT2D eigenvalue weighted by atomic mass is 16.5. The number of hydrogen-bond acceptors (Lipinski definition) is 4. The summed E-state index contributed by atoms with van der Waals surface area (Å²) in [6, 6.07) is 7.91. The zero-order chi connectivity index (χ0) is 13.7. The lowest BCUT2D eigenvalue weighted by molar-refractivity contribution is -0.150. The molecule has 1 aromatic carbocycles. The number of esters is 1. The number of piperidine rings is 1. The first-order valence-corrected chi connectivity index (χ1v) is 6.80. The van der Waals surface area contributed by atoms with Crippen molar-refractivity contribution >= 4 is 5.97 Å². The fourth-order valence-electron chi connectivity index (χ4n) is 2.55. The highest BCUT2D eigenvalue weighted by Gasteiger charge is 2.32. The van der Waals surface area contributed by atoms with E-state index in [1.807, 2.05) is 31.2 Å². The van der Waals surface area contributed by atoms with Crippen molar-refractivity contribution in [1.82, 2.24) is 5.32 Å². The highest BCUT2D eigenvalue weighted by Crippen LogP contribution is 2.31. The largest absolute Gasteiger partial charge is 0.497 e. The standard InChI is InChI=1S/C15H21NO3/c1-3-19-15(17)13-5-4-10-16-14(13)11-6-8-12(18-2)9-7-11/h6-9,13-14,16H,3-5,10H2,1-2H3. The van der Waals surface area contributed by atoms with Gasteiger partial charge in [0.05, 0.1) is 19.6 Å². The first-order valence-electron chi connectivity index (χ1n) is 6.80. The second-order valence-corrected chi connectivity index (χ2v) is 4.71. The molecule has 1 N–H and O–H groups in total. The predicted octanol–water partition coefficient (Wildman–Crippen LogP) is 2.30. The van der Waals surface area contributed by atoms with E-state index in [4.69, 9.17) is 9.47 Å². The van der Waals surface area contributed by atoms with Gasteiger partial charge < -0.3 is 14.8 Å². The van der Waals surface area contributed by atoms with E-state index in [1.165, 1.54) is 0 Å². The van der Waals surface area contributed by atoms with E-state index in [1.54, 1.807) is 7.11 Å². The maximum atomic E-state index is 12.0. The molecule has 1 saturated heterocycles. The van der Waals surface area contributed by atoms with Gasteiger partial charge >= 0.3 is 5.97 Å². The Kier molecular flexibility index (Phi) is 4.80. The molecule has 1 aromatic rings. The quantitative estimate of drug-likeness (QED) is 0.847. The summed E-state index contributed by atoms with van der Waals surface area (Å²) in [5.41, 5.74) is 1.11. The van der Waals surface area contributed by atoms with Gasteiger partial charge in [0.25, 0.3) is 0 Å². The predicted molar refractivity (Wildman–Crippen MR) is 73.1 cm³/mol. The molecule has 104 valence electrons. The van der Waals surface area contributed by atoms with Gasteiger partial charge in [0.1, 0.15) is 5.75 Å². The number of rotatable bonds is 4. The third-order valence-electron chi connectivity index (χ3n) is 3.52. The fourth-order valence-corrected chi connectivity index (χ4v) is 2.55. The van der Waals surface area contributed by atoms with E-state index >= 15 is 0 Å². The molecule has 0 aliphatic carbocycles. The van der Waals surface area contributed by atoms with Crippen LogP contribution in [0.15, 0.2) is 24.3 Å². The number of carbonyl (C=O) groups is 1. The van der Waals surface area contributed by atoms with E-state index in [9.17, 15) is 4.79 Å². The van der Waals surface area contributed by atoms with Crippen LogP contribution >= 0.6 is 0 Å². The van der Waals surface area contributed by atoms with Gasteiger partial charge in [0, 0.05) is 6.04 Å². The summed E-state index contributed by atoms with van der Waals surface area (Å²) in [4.78, 5) is 12.0. The van der Waals surface area contributed by atoms with E-state index in [0.717, 1.165) is 30.7 Å². The van der Waals surface area contributed by atoms with E-state index in [-0.39, 0.29) is 17.9 Å². The van der Waals surface area contributed by atoms with Crippen LogP contribution in [-0.4, -0.2) is 26.2 Å². The molecule has 2 rings (SSSR count). The molecular weight excluding hydrogens is 242 g/mol. The number of hydrogen-bond donors (Lipinski definition) is 1. The summed E-state index contributed by atoms with van der Waals surface area (Å²) in [6.45, 7) is 3.22. The van der Waals surface area contributed by atoms with Crippen LogP contribution in [0.5, 0.6) is 5.75 Å². The number of benzene rings is 1. The monoisotopic (exact) mass is 263 g/mol. The zero-order valence-electron chi connectivity index (χ0n) is 11.5. The minimum atomic E-state index is -0.101. The van der Waals surface area contributed by atoms with Gasteiger partial charge in [-0.2, -0.15) is 0 Å². The summed E-state index contributed by atoms with van der Waals surface area (Å²) >= 11 is 0. The summed E-state index contributed by atoms with van der Waals surface area (Å²) in [5.74, 6) is 0.629. The first kappa shape index (κ1) is 13.9. The minimum absolute atomic E-state index is 0.0405. The smallest absolute Gasteiger partial charge is 0.310 e. The number of nitrogens with one attached hydrogen (secondary N) is 1. The summed E-state index contributed by atoms with van der Waals surface area (Å²) in [7, 11) is 1.65. The summed E-state index contributed by atoms with van der Waals surface area (Å²) < 4.78 is 10.3. The van der Waals surface area contributed by atoms with E-state index in [0.29, 0.717) is 6.61 Å². The van der Waals surface area contributed by atoms with Crippen molar-refractivity contribution in [3.63, 3.8) is 0 Å². The Hall–Kier alpha value is -1.55. The zero-order valence-corrected chi connectivity index (χ0v) is 11.5. The third-order valence-corrected chi connectivity index (χ3v) is 3.52. The third kappa shape index (κ3) is 3.26. The molecule has 4 nitrogen and oxygen atoms in total. The van der Waals surface area contributed by atoms with Gasteiger partial charge in [0.15, 0.2) is 0 Å². The van der Waals surface area contributed by atoms with Crippen LogP contribution in [0, 0.1) is 5.92 Å². The van der Waals surface area contributed by atoms with Gasteiger partial charge in [-0.1, -0.05) is 12.1 Å². The normalized spacial score (nSPS) is 22.8. The van der Waals surface area contributed by atoms with E-state index < -0.39 is 0 Å². The Morgan fingerprint density at radius 3 is 2.74 bits per heavy atom. The maximum absolute atomic E-state index is 12.0. The molecule has 0 spiro atoms. The number of ether oxygens (including phenoxy) is 2. The van der Waals surface area contributed by atoms with Crippen LogP contribution in [0.1, 0.15) is 31.4 Å². The van der Waals surface area contributed by atoms with Crippen molar-refractivity contribution in [2.24, 2.45) is 5.92 Å². The van der Waals surface area contributed by atoms with Gasteiger partial charge in [-0.3, -0.25) is 4.79 Å². The molecular formula is C15H21NO3. The molecule has 0 bridgehead atoms. The molecule has 2 atom stereocenters. The SMILES string of the molecule is CCOC(=O)C1CCCNC1c1ccc(OC)cc1. The van der Waals surface area contributed by atoms with Crippen molar-refractivity contribution < 1.29 is 14.3 Å². The highest BCUT2D eigenvalue weighted by molar-refractivity contribution is 5.73. The minimum Gasteiger partial charge on any atom is -0.497 e. The van der Waals surface area contributed by atoms with Crippen molar-refractivity contribution in [3.8, 4) is 5.75 Å². The Labute approximate surface area is 114 Å². The lowest BCUT2D eigenvalue weighted by Crippen LogP contribution is -2.39.